The Hall–Kier alpha value is -2.44. The molecule has 1 rings (SSSR count). The second-order valence-corrected chi connectivity index (χ2v) is 3.08. The van der Waals surface area contributed by atoms with Crippen molar-refractivity contribution in [2.75, 3.05) is 12.0 Å². The topological polar surface area (TPSA) is 83.3 Å². The molecule has 1 aromatic rings. The SMILES string of the molecule is CCOC(=O)C(C=NO)=NNc1ccc(F)cc1. The quantitative estimate of drug-likeness (QED) is 0.361. The minimum atomic E-state index is -0.732. The fourth-order valence-corrected chi connectivity index (χ4v) is 1.04. The smallest absolute Gasteiger partial charge is 0.360 e. The third-order valence-corrected chi connectivity index (χ3v) is 1.81. The summed E-state index contributed by atoms with van der Waals surface area (Å²) in [6, 6.07) is 5.36. The molecule has 0 fully saturated rings. The van der Waals surface area contributed by atoms with Crippen LogP contribution in [0.1, 0.15) is 6.92 Å². The molecule has 0 heterocycles. The van der Waals surface area contributed by atoms with Crippen molar-refractivity contribution in [1.82, 2.24) is 0 Å². The van der Waals surface area contributed by atoms with E-state index >= 15 is 0 Å². The summed E-state index contributed by atoms with van der Waals surface area (Å²) in [5.74, 6) is -1.11. The van der Waals surface area contributed by atoms with E-state index < -0.39 is 5.97 Å². The summed E-state index contributed by atoms with van der Waals surface area (Å²) < 4.78 is 17.3. The van der Waals surface area contributed by atoms with Crippen LogP contribution in [-0.2, 0) is 9.53 Å². The molecule has 0 bridgehead atoms. The lowest BCUT2D eigenvalue weighted by Gasteiger charge is -2.03. The van der Waals surface area contributed by atoms with E-state index in [1.165, 1.54) is 24.3 Å². The number of benzene rings is 1. The molecule has 0 aliphatic carbocycles. The van der Waals surface area contributed by atoms with Gasteiger partial charge in [-0.15, -0.1) is 0 Å². The fraction of sp³-hybridized carbons (Fsp3) is 0.182. The second kappa shape index (κ2) is 7.00. The molecule has 0 spiro atoms. The van der Waals surface area contributed by atoms with E-state index in [2.05, 4.69) is 15.7 Å². The van der Waals surface area contributed by atoms with Crippen LogP contribution in [0.4, 0.5) is 10.1 Å². The lowest BCUT2D eigenvalue weighted by molar-refractivity contribution is -0.134. The molecule has 0 radical (unpaired) electrons. The Bertz CT molecular complexity index is 457. The van der Waals surface area contributed by atoms with Crippen LogP contribution in [0.5, 0.6) is 0 Å². The number of ether oxygens (including phenoxy) is 1. The van der Waals surface area contributed by atoms with E-state index in [0.29, 0.717) is 5.69 Å². The van der Waals surface area contributed by atoms with Crippen molar-refractivity contribution in [2.45, 2.75) is 6.92 Å². The van der Waals surface area contributed by atoms with Gasteiger partial charge in [0.15, 0.2) is 5.71 Å². The second-order valence-electron chi connectivity index (χ2n) is 3.08. The Balaban J connectivity index is 2.77. The van der Waals surface area contributed by atoms with Crippen molar-refractivity contribution >= 4 is 23.6 Å². The van der Waals surface area contributed by atoms with Crippen LogP contribution in [0.25, 0.3) is 0 Å². The molecular weight excluding hydrogens is 241 g/mol. The third kappa shape index (κ3) is 4.20. The maximum Gasteiger partial charge on any atom is 0.360 e. The van der Waals surface area contributed by atoms with Crippen molar-refractivity contribution in [1.29, 1.82) is 0 Å². The van der Waals surface area contributed by atoms with Crippen molar-refractivity contribution in [3.8, 4) is 0 Å². The van der Waals surface area contributed by atoms with E-state index in [4.69, 9.17) is 9.94 Å². The number of oxime groups is 1. The Kier molecular flexibility index (Phi) is 5.30. The summed E-state index contributed by atoms with van der Waals surface area (Å²) in [7, 11) is 0. The van der Waals surface area contributed by atoms with Crippen molar-refractivity contribution in [2.24, 2.45) is 10.3 Å². The summed E-state index contributed by atoms with van der Waals surface area (Å²) in [6.07, 6.45) is 0.842. The van der Waals surface area contributed by atoms with Gasteiger partial charge < -0.3 is 9.94 Å². The average molecular weight is 253 g/mol. The molecule has 0 aliphatic heterocycles. The first-order valence-corrected chi connectivity index (χ1v) is 5.11. The molecule has 0 atom stereocenters. The number of esters is 1. The van der Waals surface area contributed by atoms with Gasteiger partial charge in [-0.2, -0.15) is 5.10 Å². The fourth-order valence-electron chi connectivity index (χ4n) is 1.04. The minimum absolute atomic E-state index is 0.174. The van der Waals surface area contributed by atoms with Crippen LogP contribution in [-0.4, -0.2) is 29.7 Å². The Labute approximate surface area is 103 Å². The molecule has 1 aromatic carbocycles. The lowest BCUT2D eigenvalue weighted by Crippen LogP contribution is -2.20. The van der Waals surface area contributed by atoms with E-state index in [1.807, 2.05) is 0 Å². The number of carbonyl (C=O) groups is 1. The third-order valence-electron chi connectivity index (χ3n) is 1.81. The van der Waals surface area contributed by atoms with Gasteiger partial charge in [-0.3, -0.25) is 5.43 Å². The number of hydrogen-bond donors (Lipinski definition) is 2. The van der Waals surface area contributed by atoms with Gasteiger partial charge in [-0.05, 0) is 31.2 Å². The van der Waals surface area contributed by atoms with E-state index in [9.17, 15) is 9.18 Å². The molecule has 0 saturated carbocycles. The van der Waals surface area contributed by atoms with Crippen LogP contribution in [0.3, 0.4) is 0 Å². The lowest BCUT2D eigenvalue weighted by atomic mass is 10.3. The number of hydrazone groups is 1. The summed E-state index contributed by atoms with van der Waals surface area (Å²) in [6.45, 7) is 1.81. The van der Waals surface area contributed by atoms with Gasteiger partial charge in [0.25, 0.3) is 0 Å². The Morgan fingerprint density at radius 1 is 1.50 bits per heavy atom. The largest absolute Gasteiger partial charge is 0.461 e. The number of hydrogen-bond acceptors (Lipinski definition) is 6. The van der Waals surface area contributed by atoms with Gasteiger partial charge in [0, 0.05) is 0 Å². The first kappa shape index (κ1) is 13.6. The zero-order chi connectivity index (χ0) is 13.4. The molecule has 96 valence electrons. The molecule has 7 heteroatoms. The van der Waals surface area contributed by atoms with E-state index in [0.717, 1.165) is 6.21 Å². The first-order valence-electron chi connectivity index (χ1n) is 5.11. The average Bonchev–Trinajstić information content (AvgIpc) is 2.36. The Morgan fingerprint density at radius 2 is 2.17 bits per heavy atom. The highest BCUT2D eigenvalue weighted by atomic mass is 19.1. The van der Waals surface area contributed by atoms with Gasteiger partial charge in [0.2, 0.25) is 0 Å². The highest BCUT2D eigenvalue weighted by Gasteiger charge is 2.10. The normalized spacial score (nSPS) is 11.6. The number of anilines is 1. The summed E-state index contributed by atoms with van der Waals surface area (Å²) in [5.41, 5.74) is 2.79. The van der Waals surface area contributed by atoms with Gasteiger partial charge in [0.1, 0.15) is 12.0 Å². The highest BCUT2D eigenvalue weighted by molar-refractivity contribution is 6.59. The molecule has 0 aliphatic rings. The van der Waals surface area contributed by atoms with Gasteiger partial charge in [-0.25, -0.2) is 9.18 Å². The van der Waals surface area contributed by atoms with Crippen LogP contribution < -0.4 is 5.43 Å². The molecule has 0 unspecified atom stereocenters. The minimum Gasteiger partial charge on any atom is -0.461 e. The predicted octanol–water partition coefficient (Wildman–Crippen LogP) is 1.62. The number of halogens is 1. The van der Waals surface area contributed by atoms with Crippen molar-refractivity contribution in [3.63, 3.8) is 0 Å². The number of rotatable bonds is 5. The van der Waals surface area contributed by atoms with Crippen LogP contribution in [0, 0.1) is 5.82 Å². The molecule has 18 heavy (non-hydrogen) atoms. The highest BCUT2D eigenvalue weighted by Crippen LogP contribution is 2.07. The monoisotopic (exact) mass is 253 g/mol. The predicted molar refractivity (Wildman–Crippen MR) is 64.4 cm³/mol. The van der Waals surface area contributed by atoms with Crippen LogP contribution in [0.15, 0.2) is 34.5 Å². The maximum atomic E-state index is 12.6. The number of nitrogens with one attached hydrogen (secondary N) is 1. The van der Waals surface area contributed by atoms with E-state index in [-0.39, 0.29) is 18.1 Å². The Morgan fingerprint density at radius 3 is 2.72 bits per heavy atom. The molecule has 2 N–H and O–H groups in total. The molecule has 0 aromatic heterocycles. The van der Waals surface area contributed by atoms with Gasteiger partial charge in [-0.1, -0.05) is 5.16 Å². The molecular formula is C11H12FN3O3. The zero-order valence-corrected chi connectivity index (χ0v) is 9.63. The number of nitrogens with zero attached hydrogens (tertiary/aromatic N) is 2. The summed E-state index contributed by atoms with van der Waals surface area (Å²) >= 11 is 0. The van der Waals surface area contributed by atoms with Crippen LogP contribution >= 0.6 is 0 Å². The van der Waals surface area contributed by atoms with Crippen molar-refractivity contribution in [3.05, 3.63) is 30.1 Å². The van der Waals surface area contributed by atoms with Crippen molar-refractivity contribution < 1.29 is 19.1 Å². The van der Waals surface area contributed by atoms with Gasteiger partial charge >= 0.3 is 5.97 Å². The zero-order valence-electron chi connectivity index (χ0n) is 9.63. The van der Waals surface area contributed by atoms with Crippen LogP contribution in [0.2, 0.25) is 0 Å². The maximum absolute atomic E-state index is 12.6. The summed E-state index contributed by atoms with van der Waals surface area (Å²) in [5, 5.41) is 14.8. The molecule has 6 nitrogen and oxygen atoms in total. The number of carbonyl (C=O) groups excluding carboxylic acids is 1. The molecule has 0 saturated heterocycles. The standard InChI is InChI=1S/C11H12FN3O3/c1-2-18-11(16)10(7-13-17)15-14-9-5-3-8(12)4-6-9/h3-7,14,17H,2H2,1H3. The summed E-state index contributed by atoms with van der Waals surface area (Å²) in [4.78, 5) is 11.4. The first-order chi connectivity index (χ1) is 8.67. The van der Waals surface area contributed by atoms with Gasteiger partial charge in [0.05, 0.1) is 12.3 Å². The van der Waals surface area contributed by atoms with E-state index in [1.54, 1.807) is 6.92 Å². The molecule has 0 amide bonds.